The Kier molecular flexibility index (Phi) is 5.45. The van der Waals surface area contributed by atoms with Gasteiger partial charge in [0.1, 0.15) is 6.04 Å². The van der Waals surface area contributed by atoms with Crippen LogP contribution in [0.5, 0.6) is 0 Å². The Morgan fingerprint density at radius 2 is 1.79 bits per heavy atom. The van der Waals surface area contributed by atoms with Crippen molar-refractivity contribution in [2.45, 2.75) is 53.1 Å². The molecule has 0 aliphatic carbocycles. The summed E-state index contributed by atoms with van der Waals surface area (Å²) in [4.78, 5) is 0. The van der Waals surface area contributed by atoms with Gasteiger partial charge in [-0.3, -0.25) is 0 Å². The molecule has 7 nitrogen and oxygen atoms in total. The normalized spacial score (nSPS) is 14.3. The maximum atomic E-state index is 11.9. The molecule has 1 atom stereocenters. The fourth-order valence-corrected chi connectivity index (χ4v) is 2.92. The minimum Gasteiger partial charge on any atom is -0.424 e. The molecule has 1 aromatic heterocycles. The average Bonchev–Trinajstić information content (AvgIpc) is 2.60. The fraction of sp³-hybridized carbons (Fsp3) is 0.818. The van der Waals surface area contributed by atoms with Gasteiger partial charge in [0.2, 0.25) is 11.8 Å². The topological polar surface area (TPSA) is 97.1 Å². The Balaban J connectivity index is 2.87. The number of hydrogen-bond donors (Lipinski definition) is 2. The van der Waals surface area contributed by atoms with E-state index in [4.69, 9.17) is 4.42 Å². The van der Waals surface area contributed by atoms with E-state index in [2.05, 4.69) is 19.6 Å². The molecule has 1 rings (SSSR count). The molecule has 0 bridgehead atoms. The number of aromatic nitrogens is 2. The third-order valence-electron chi connectivity index (χ3n) is 2.24. The van der Waals surface area contributed by atoms with E-state index in [0.29, 0.717) is 24.1 Å². The molecule has 0 aliphatic rings. The van der Waals surface area contributed by atoms with E-state index in [0.717, 1.165) is 0 Å². The van der Waals surface area contributed by atoms with Crippen LogP contribution in [0.1, 0.15) is 51.9 Å². The molecule has 110 valence electrons. The molecule has 0 fully saturated rings. The standard InChI is InChI=1S/C11H22N4O3S/c1-7(2)6-10(11-13-12-9(5)18-11)15-19(16,17)14-8(3)4/h7-8,10,14-15H,6H2,1-5H3. The van der Waals surface area contributed by atoms with E-state index < -0.39 is 16.3 Å². The molecule has 0 aliphatic heterocycles. The van der Waals surface area contributed by atoms with Crippen LogP contribution in [0.4, 0.5) is 0 Å². The first kappa shape index (κ1) is 16.1. The summed E-state index contributed by atoms with van der Waals surface area (Å²) in [6, 6.07) is -0.695. The van der Waals surface area contributed by atoms with E-state index in [1.807, 2.05) is 13.8 Å². The second-order valence-corrected chi connectivity index (χ2v) is 6.71. The molecule has 1 unspecified atom stereocenters. The maximum Gasteiger partial charge on any atom is 0.277 e. The van der Waals surface area contributed by atoms with Crippen molar-refractivity contribution in [2.24, 2.45) is 5.92 Å². The van der Waals surface area contributed by atoms with Gasteiger partial charge in [0.15, 0.2) is 0 Å². The Bertz CT molecular complexity index is 496. The average molecular weight is 290 g/mol. The van der Waals surface area contributed by atoms with Crippen LogP contribution in [-0.2, 0) is 10.2 Å². The van der Waals surface area contributed by atoms with Crippen molar-refractivity contribution in [3.05, 3.63) is 11.8 Å². The molecule has 0 amide bonds. The van der Waals surface area contributed by atoms with Gasteiger partial charge in [-0.05, 0) is 26.2 Å². The van der Waals surface area contributed by atoms with Crippen LogP contribution in [0.25, 0.3) is 0 Å². The Labute approximate surface area is 114 Å². The van der Waals surface area contributed by atoms with Gasteiger partial charge in [-0.25, -0.2) is 0 Å². The van der Waals surface area contributed by atoms with Crippen LogP contribution >= 0.6 is 0 Å². The van der Waals surface area contributed by atoms with Crippen LogP contribution in [0, 0.1) is 12.8 Å². The van der Waals surface area contributed by atoms with Crippen LogP contribution in [0.3, 0.4) is 0 Å². The van der Waals surface area contributed by atoms with Crippen LogP contribution in [-0.4, -0.2) is 24.7 Å². The third kappa shape index (κ3) is 5.66. The lowest BCUT2D eigenvalue weighted by Gasteiger charge is -2.18. The minimum absolute atomic E-state index is 0.179. The monoisotopic (exact) mass is 290 g/mol. The number of rotatable bonds is 7. The largest absolute Gasteiger partial charge is 0.424 e. The van der Waals surface area contributed by atoms with Crippen molar-refractivity contribution in [3.63, 3.8) is 0 Å². The molecule has 0 saturated carbocycles. The van der Waals surface area contributed by atoms with Crippen LogP contribution in [0.2, 0.25) is 0 Å². The van der Waals surface area contributed by atoms with Crippen molar-refractivity contribution in [1.82, 2.24) is 19.6 Å². The first-order valence-corrected chi connectivity index (χ1v) is 7.77. The van der Waals surface area contributed by atoms with E-state index in [1.165, 1.54) is 0 Å². The summed E-state index contributed by atoms with van der Waals surface area (Å²) < 4.78 is 34.1. The van der Waals surface area contributed by atoms with Crippen molar-refractivity contribution >= 4 is 10.2 Å². The highest BCUT2D eigenvalue weighted by Crippen LogP contribution is 2.20. The van der Waals surface area contributed by atoms with Crippen molar-refractivity contribution in [1.29, 1.82) is 0 Å². The SMILES string of the molecule is Cc1nnc(C(CC(C)C)NS(=O)(=O)NC(C)C)o1. The highest BCUT2D eigenvalue weighted by molar-refractivity contribution is 7.87. The Morgan fingerprint density at radius 3 is 2.21 bits per heavy atom. The zero-order valence-corrected chi connectivity index (χ0v) is 12.8. The molecular weight excluding hydrogens is 268 g/mol. The van der Waals surface area contributed by atoms with Crippen molar-refractivity contribution in [2.75, 3.05) is 0 Å². The lowest BCUT2D eigenvalue weighted by Crippen LogP contribution is -2.42. The summed E-state index contributed by atoms with van der Waals surface area (Å²) in [5, 5.41) is 7.62. The lowest BCUT2D eigenvalue weighted by molar-refractivity contribution is 0.370. The number of hydrogen-bond acceptors (Lipinski definition) is 5. The van der Waals surface area contributed by atoms with Crippen LogP contribution < -0.4 is 9.44 Å². The molecule has 0 radical (unpaired) electrons. The predicted octanol–water partition coefficient (Wildman–Crippen LogP) is 1.30. The highest BCUT2D eigenvalue weighted by Gasteiger charge is 2.25. The van der Waals surface area contributed by atoms with Crippen molar-refractivity contribution in [3.8, 4) is 0 Å². The van der Waals surface area contributed by atoms with Gasteiger partial charge in [-0.15, -0.1) is 10.2 Å². The molecule has 1 aromatic rings. The molecule has 0 saturated heterocycles. The molecule has 0 aromatic carbocycles. The molecule has 1 heterocycles. The van der Waals surface area contributed by atoms with E-state index in [9.17, 15) is 8.42 Å². The van der Waals surface area contributed by atoms with Gasteiger partial charge in [-0.1, -0.05) is 13.8 Å². The minimum atomic E-state index is -3.59. The van der Waals surface area contributed by atoms with Gasteiger partial charge < -0.3 is 4.42 Å². The van der Waals surface area contributed by atoms with E-state index in [1.54, 1.807) is 20.8 Å². The zero-order chi connectivity index (χ0) is 14.6. The molecule has 19 heavy (non-hydrogen) atoms. The van der Waals surface area contributed by atoms with Crippen LogP contribution in [0.15, 0.2) is 4.42 Å². The third-order valence-corrected chi connectivity index (χ3v) is 3.61. The summed E-state index contributed by atoms with van der Waals surface area (Å²) in [5.74, 6) is 0.999. The quantitative estimate of drug-likeness (QED) is 0.789. The molecule has 2 N–H and O–H groups in total. The molecule has 0 spiro atoms. The highest BCUT2D eigenvalue weighted by atomic mass is 32.2. The number of aryl methyl sites for hydroxylation is 1. The fourth-order valence-electron chi connectivity index (χ4n) is 1.66. The Hall–Kier alpha value is -0.990. The number of nitrogens with one attached hydrogen (secondary N) is 2. The van der Waals surface area contributed by atoms with Gasteiger partial charge in [0, 0.05) is 13.0 Å². The maximum absolute atomic E-state index is 11.9. The van der Waals surface area contributed by atoms with Gasteiger partial charge in [-0.2, -0.15) is 17.9 Å². The summed E-state index contributed by atoms with van der Waals surface area (Å²) in [5.41, 5.74) is 0. The van der Waals surface area contributed by atoms with E-state index in [-0.39, 0.29) is 6.04 Å². The van der Waals surface area contributed by atoms with Gasteiger partial charge in [0.25, 0.3) is 10.2 Å². The second kappa shape index (κ2) is 6.44. The summed E-state index contributed by atoms with van der Waals surface area (Å²) in [7, 11) is -3.59. The summed E-state index contributed by atoms with van der Waals surface area (Å²) in [6.45, 7) is 9.19. The van der Waals surface area contributed by atoms with Gasteiger partial charge in [0.05, 0.1) is 0 Å². The second-order valence-electron chi connectivity index (χ2n) is 5.24. The smallest absolute Gasteiger partial charge is 0.277 e. The Morgan fingerprint density at radius 1 is 1.16 bits per heavy atom. The summed E-state index contributed by atoms with van der Waals surface area (Å²) in [6.07, 6.45) is 0.584. The van der Waals surface area contributed by atoms with Crippen molar-refractivity contribution < 1.29 is 12.8 Å². The molecular formula is C11H22N4O3S. The zero-order valence-electron chi connectivity index (χ0n) is 12.0. The molecule has 8 heteroatoms. The lowest BCUT2D eigenvalue weighted by atomic mass is 10.0. The number of nitrogens with zero attached hydrogens (tertiary/aromatic N) is 2. The summed E-state index contributed by atoms with van der Waals surface area (Å²) >= 11 is 0. The first-order valence-electron chi connectivity index (χ1n) is 6.29. The first-order chi connectivity index (χ1) is 8.69. The van der Waals surface area contributed by atoms with E-state index >= 15 is 0 Å². The van der Waals surface area contributed by atoms with Gasteiger partial charge >= 0.3 is 0 Å². The predicted molar refractivity (Wildman–Crippen MR) is 71.6 cm³/mol.